The summed E-state index contributed by atoms with van der Waals surface area (Å²) in [4.78, 5) is 14.9. The van der Waals surface area contributed by atoms with E-state index in [2.05, 4.69) is 42.5 Å². The third-order valence-corrected chi connectivity index (χ3v) is 6.04. The van der Waals surface area contributed by atoms with Crippen molar-refractivity contribution in [3.05, 3.63) is 95.6 Å². The van der Waals surface area contributed by atoms with E-state index in [1.807, 2.05) is 41.3 Å². The van der Waals surface area contributed by atoms with Crippen molar-refractivity contribution in [1.29, 1.82) is 0 Å². The Kier molecular flexibility index (Phi) is 4.36. The number of nitrogens with zero attached hydrogens (tertiary/aromatic N) is 1. The Balaban J connectivity index is 1.43. The summed E-state index contributed by atoms with van der Waals surface area (Å²) in [5, 5.41) is 0. The van der Waals surface area contributed by atoms with Crippen molar-refractivity contribution in [2.75, 3.05) is 6.54 Å². The first kappa shape index (κ1) is 17.1. The fraction of sp³-hybridized carbons (Fsp3) is 0.240. The minimum Gasteiger partial charge on any atom is -0.445 e. The van der Waals surface area contributed by atoms with Crippen molar-refractivity contribution in [3.63, 3.8) is 0 Å². The van der Waals surface area contributed by atoms with E-state index in [9.17, 15) is 4.79 Å². The Bertz CT molecular complexity index is 984. The summed E-state index contributed by atoms with van der Waals surface area (Å²) >= 11 is 0. The summed E-state index contributed by atoms with van der Waals surface area (Å²) in [6.45, 7) is 1.07. The van der Waals surface area contributed by atoms with Crippen LogP contribution in [0, 0.1) is 0 Å². The van der Waals surface area contributed by atoms with Gasteiger partial charge in [-0.1, -0.05) is 78.9 Å². The predicted molar refractivity (Wildman–Crippen MR) is 110 cm³/mol. The molecule has 1 amide bonds. The first-order valence-electron chi connectivity index (χ1n) is 9.97. The molecule has 0 saturated carbocycles. The van der Waals surface area contributed by atoms with Gasteiger partial charge in [0, 0.05) is 6.54 Å². The number of piperidine rings is 1. The van der Waals surface area contributed by atoms with Crippen molar-refractivity contribution in [2.45, 2.75) is 31.4 Å². The summed E-state index contributed by atoms with van der Waals surface area (Å²) in [6.07, 6.45) is 1.80. The van der Waals surface area contributed by atoms with Crippen LogP contribution in [0.1, 0.15) is 41.5 Å². The third kappa shape index (κ3) is 2.97. The Morgan fingerprint density at radius 2 is 1.68 bits per heavy atom. The van der Waals surface area contributed by atoms with E-state index in [4.69, 9.17) is 4.74 Å². The standard InChI is InChI=1S/C25H23NO2/c27-25(28-17-18-8-3-1-4-9-18)26-15-14-20-16-23(26)24-21(12-7-13-22(20)24)19-10-5-2-6-11-19/h1-13,20,23H,14-17H2/t20?,23-/m1/s1. The van der Waals surface area contributed by atoms with Gasteiger partial charge in [-0.3, -0.25) is 0 Å². The monoisotopic (exact) mass is 369 g/mol. The predicted octanol–water partition coefficient (Wildman–Crippen LogP) is 5.92. The normalized spacial score (nSPS) is 19.9. The van der Waals surface area contributed by atoms with E-state index in [1.54, 1.807) is 0 Å². The van der Waals surface area contributed by atoms with Crippen molar-refractivity contribution >= 4 is 6.09 Å². The maximum atomic E-state index is 12.9. The number of benzene rings is 3. The molecule has 1 unspecified atom stereocenters. The Labute approximate surface area is 165 Å². The molecule has 0 radical (unpaired) electrons. The van der Waals surface area contributed by atoms with Gasteiger partial charge in [0.05, 0.1) is 6.04 Å². The fourth-order valence-corrected chi connectivity index (χ4v) is 4.72. The van der Waals surface area contributed by atoms with Crippen LogP contribution in [0.4, 0.5) is 4.79 Å². The van der Waals surface area contributed by atoms with Gasteiger partial charge in [-0.15, -0.1) is 0 Å². The molecular weight excluding hydrogens is 346 g/mol. The van der Waals surface area contributed by atoms with Gasteiger partial charge in [0.1, 0.15) is 6.61 Å². The van der Waals surface area contributed by atoms with Gasteiger partial charge in [0.2, 0.25) is 0 Å². The van der Waals surface area contributed by atoms with Crippen LogP contribution in [0.25, 0.3) is 11.1 Å². The zero-order chi connectivity index (χ0) is 18.9. The molecule has 2 aliphatic rings. The number of fused-ring (bicyclic) bond motifs is 5. The van der Waals surface area contributed by atoms with E-state index >= 15 is 0 Å². The van der Waals surface area contributed by atoms with Crippen LogP contribution in [0.3, 0.4) is 0 Å². The van der Waals surface area contributed by atoms with E-state index < -0.39 is 0 Å². The second kappa shape index (κ2) is 7.16. The van der Waals surface area contributed by atoms with Crippen molar-refractivity contribution in [2.24, 2.45) is 0 Å². The first-order chi connectivity index (χ1) is 13.8. The van der Waals surface area contributed by atoms with Crippen LogP contribution < -0.4 is 0 Å². The molecule has 3 aromatic rings. The van der Waals surface area contributed by atoms with E-state index in [1.165, 1.54) is 22.3 Å². The largest absolute Gasteiger partial charge is 0.445 e. The molecule has 1 aliphatic carbocycles. The summed E-state index contributed by atoms with van der Waals surface area (Å²) in [7, 11) is 0. The highest BCUT2D eigenvalue weighted by molar-refractivity contribution is 5.74. The Morgan fingerprint density at radius 1 is 0.929 bits per heavy atom. The molecule has 1 fully saturated rings. The molecular formula is C25H23NO2. The highest BCUT2D eigenvalue weighted by Gasteiger charge is 2.42. The van der Waals surface area contributed by atoms with Crippen LogP contribution in [0.15, 0.2) is 78.9 Å². The number of likely N-dealkylation sites (tertiary alicyclic amines) is 1. The number of hydrogen-bond acceptors (Lipinski definition) is 2. The minimum absolute atomic E-state index is 0.105. The quantitative estimate of drug-likeness (QED) is 0.573. The van der Waals surface area contributed by atoms with Gasteiger partial charge >= 0.3 is 6.09 Å². The second-order valence-corrected chi connectivity index (χ2v) is 7.65. The van der Waals surface area contributed by atoms with Crippen molar-refractivity contribution < 1.29 is 9.53 Å². The molecule has 0 N–H and O–H groups in total. The van der Waals surface area contributed by atoms with Gasteiger partial charge in [0.25, 0.3) is 0 Å². The number of amides is 1. The lowest BCUT2D eigenvalue weighted by Gasteiger charge is -2.33. The topological polar surface area (TPSA) is 29.5 Å². The number of rotatable bonds is 3. The number of hydrogen-bond donors (Lipinski definition) is 0. The third-order valence-electron chi connectivity index (χ3n) is 6.04. The van der Waals surface area contributed by atoms with Crippen molar-refractivity contribution in [1.82, 2.24) is 4.90 Å². The van der Waals surface area contributed by atoms with Gasteiger partial charge in [-0.25, -0.2) is 4.79 Å². The smallest absolute Gasteiger partial charge is 0.410 e. The van der Waals surface area contributed by atoms with E-state index in [-0.39, 0.29) is 12.1 Å². The Morgan fingerprint density at radius 3 is 2.46 bits per heavy atom. The number of carbonyl (C=O) groups is 1. The molecule has 1 heterocycles. The van der Waals surface area contributed by atoms with E-state index in [0.717, 1.165) is 24.9 Å². The molecule has 5 rings (SSSR count). The van der Waals surface area contributed by atoms with Gasteiger partial charge in [-0.05, 0) is 46.6 Å². The SMILES string of the molecule is O=C(OCc1ccccc1)N1CCC2C[C@@H]1c1c(-c3ccccc3)cccc12. The first-order valence-corrected chi connectivity index (χ1v) is 9.97. The molecule has 1 aliphatic heterocycles. The highest BCUT2D eigenvalue weighted by Crippen LogP contribution is 2.52. The lowest BCUT2D eigenvalue weighted by atomic mass is 9.94. The van der Waals surface area contributed by atoms with Crippen LogP contribution in [0.2, 0.25) is 0 Å². The maximum Gasteiger partial charge on any atom is 0.410 e. The van der Waals surface area contributed by atoms with Gasteiger partial charge in [-0.2, -0.15) is 0 Å². The van der Waals surface area contributed by atoms with Crippen LogP contribution in [0.5, 0.6) is 0 Å². The Hall–Kier alpha value is -3.07. The van der Waals surface area contributed by atoms with Crippen LogP contribution in [-0.2, 0) is 11.3 Å². The summed E-state index contributed by atoms with van der Waals surface area (Å²) in [6, 6.07) is 27.0. The molecule has 3 aromatic carbocycles. The molecule has 2 atom stereocenters. The average Bonchev–Trinajstić information content (AvgIpc) is 3.05. The summed E-state index contributed by atoms with van der Waals surface area (Å²) in [5.41, 5.74) is 6.19. The minimum atomic E-state index is -0.206. The van der Waals surface area contributed by atoms with Gasteiger partial charge in [0.15, 0.2) is 0 Å². The van der Waals surface area contributed by atoms with E-state index in [0.29, 0.717) is 12.5 Å². The molecule has 0 spiro atoms. The maximum absolute atomic E-state index is 12.9. The molecule has 2 bridgehead atoms. The van der Waals surface area contributed by atoms with Gasteiger partial charge < -0.3 is 9.64 Å². The summed E-state index contributed by atoms with van der Waals surface area (Å²) < 4.78 is 5.67. The molecule has 28 heavy (non-hydrogen) atoms. The lowest BCUT2D eigenvalue weighted by molar-refractivity contribution is 0.0695. The summed E-state index contributed by atoms with van der Waals surface area (Å²) in [5.74, 6) is 0.543. The van der Waals surface area contributed by atoms with Crippen molar-refractivity contribution in [3.8, 4) is 11.1 Å². The zero-order valence-corrected chi connectivity index (χ0v) is 15.8. The molecule has 3 heteroatoms. The average molecular weight is 369 g/mol. The fourth-order valence-electron chi connectivity index (χ4n) is 4.72. The number of ether oxygens (including phenoxy) is 1. The molecule has 140 valence electrons. The van der Waals surface area contributed by atoms with Crippen LogP contribution >= 0.6 is 0 Å². The lowest BCUT2D eigenvalue weighted by Crippen LogP contribution is -2.38. The number of carbonyl (C=O) groups excluding carboxylic acids is 1. The molecule has 0 aromatic heterocycles. The zero-order valence-electron chi connectivity index (χ0n) is 15.8. The second-order valence-electron chi connectivity index (χ2n) is 7.65. The molecule has 1 saturated heterocycles. The molecule has 3 nitrogen and oxygen atoms in total. The highest BCUT2D eigenvalue weighted by atomic mass is 16.6. The van der Waals surface area contributed by atoms with Crippen LogP contribution in [-0.4, -0.2) is 17.5 Å².